The van der Waals surface area contributed by atoms with Gasteiger partial charge in [0.1, 0.15) is 17.1 Å². The van der Waals surface area contributed by atoms with Crippen LogP contribution in [0.15, 0.2) is 30.5 Å². The van der Waals surface area contributed by atoms with E-state index in [2.05, 4.69) is 19.9 Å². The van der Waals surface area contributed by atoms with Gasteiger partial charge in [-0.3, -0.25) is 0 Å². The molecule has 0 unspecified atom stereocenters. The highest BCUT2D eigenvalue weighted by Gasteiger charge is 2.11. The highest BCUT2D eigenvalue weighted by atomic mass is 35.5. The van der Waals surface area contributed by atoms with E-state index in [0.717, 1.165) is 16.8 Å². The van der Waals surface area contributed by atoms with Crippen molar-refractivity contribution in [1.82, 2.24) is 19.9 Å². The van der Waals surface area contributed by atoms with Crippen LogP contribution < -0.4 is 4.74 Å². The molecule has 0 bridgehead atoms. The van der Waals surface area contributed by atoms with Crippen LogP contribution in [-0.2, 0) is 0 Å². The van der Waals surface area contributed by atoms with Crippen molar-refractivity contribution in [2.24, 2.45) is 0 Å². The molecule has 5 nitrogen and oxygen atoms in total. The van der Waals surface area contributed by atoms with Crippen molar-refractivity contribution < 1.29 is 4.74 Å². The fraction of sp³-hybridized carbons (Fsp3) is 0.0833. The number of nitrogens with zero attached hydrogens (tertiary/aromatic N) is 3. The van der Waals surface area contributed by atoms with Gasteiger partial charge in [0.2, 0.25) is 5.28 Å². The van der Waals surface area contributed by atoms with E-state index in [1.54, 1.807) is 13.3 Å². The van der Waals surface area contributed by atoms with Crippen LogP contribution >= 0.6 is 11.6 Å². The lowest BCUT2D eigenvalue weighted by atomic mass is 10.2. The predicted octanol–water partition coefficient (Wildman–Crippen LogP) is 2.68. The lowest BCUT2D eigenvalue weighted by molar-refractivity contribution is 0.416. The van der Waals surface area contributed by atoms with Crippen LogP contribution in [0.5, 0.6) is 5.75 Å². The van der Waals surface area contributed by atoms with Gasteiger partial charge in [-0.1, -0.05) is 12.1 Å². The van der Waals surface area contributed by atoms with Gasteiger partial charge in [-0.05, 0) is 23.7 Å². The monoisotopic (exact) mass is 260 g/mol. The van der Waals surface area contributed by atoms with Crippen molar-refractivity contribution in [3.8, 4) is 17.1 Å². The number of fused-ring (bicyclic) bond motifs is 1. The summed E-state index contributed by atoms with van der Waals surface area (Å²) in [6.07, 6.45) is 1.61. The molecule has 90 valence electrons. The standard InChI is InChI=1S/C12H9ClN4O/c1-18-9-5-3-2-4-7(9)10-15-8-6-14-12(13)17-11(8)16-10/h2-6H,1H3,(H,14,15,16,17). The number of para-hydroxylation sites is 1. The molecule has 0 amide bonds. The molecule has 3 rings (SSSR count). The number of halogens is 1. The normalized spacial score (nSPS) is 10.8. The second kappa shape index (κ2) is 4.27. The molecule has 6 heteroatoms. The van der Waals surface area contributed by atoms with E-state index in [1.165, 1.54) is 0 Å². The molecular weight excluding hydrogens is 252 g/mol. The summed E-state index contributed by atoms with van der Waals surface area (Å²) in [5.41, 5.74) is 2.14. The summed E-state index contributed by atoms with van der Waals surface area (Å²) in [6.45, 7) is 0. The number of benzene rings is 1. The molecule has 2 aromatic heterocycles. The van der Waals surface area contributed by atoms with Gasteiger partial charge in [-0.15, -0.1) is 0 Å². The Bertz CT molecular complexity index is 710. The number of aromatic nitrogens is 4. The number of hydrogen-bond donors (Lipinski definition) is 1. The fourth-order valence-corrected chi connectivity index (χ4v) is 1.88. The van der Waals surface area contributed by atoms with E-state index >= 15 is 0 Å². The van der Waals surface area contributed by atoms with Gasteiger partial charge in [0, 0.05) is 0 Å². The number of imidazole rings is 1. The molecule has 0 saturated heterocycles. The van der Waals surface area contributed by atoms with Gasteiger partial charge >= 0.3 is 0 Å². The number of H-pyrrole nitrogens is 1. The van der Waals surface area contributed by atoms with Crippen LogP contribution in [0, 0.1) is 0 Å². The van der Waals surface area contributed by atoms with Gasteiger partial charge in [0.05, 0.1) is 18.9 Å². The first-order valence-electron chi connectivity index (χ1n) is 5.29. The third-order valence-corrected chi connectivity index (χ3v) is 2.75. The lowest BCUT2D eigenvalue weighted by Crippen LogP contribution is -1.88. The maximum atomic E-state index is 5.73. The number of ether oxygens (including phenoxy) is 1. The van der Waals surface area contributed by atoms with E-state index in [-0.39, 0.29) is 5.28 Å². The summed E-state index contributed by atoms with van der Waals surface area (Å²) in [4.78, 5) is 15.5. The molecule has 0 fully saturated rings. The van der Waals surface area contributed by atoms with E-state index in [1.807, 2.05) is 24.3 Å². The van der Waals surface area contributed by atoms with E-state index in [9.17, 15) is 0 Å². The minimum absolute atomic E-state index is 0.181. The van der Waals surface area contributed by atoms with Crippen LogP contribution in [0.25, 0.3) is 22.6 Å². The molecule has 0 atom stereocenters. The van der Waals surface area contributed by atoms with Crippen molar-refractivity contribution in [2.45, 2.75) is 0 Å². The van der Waals surface area contributed by atoms with Crippen LogP contribution in [0.2, 0.25) is 5.28 Å². The number of aromatic amines is 1. The van der Waals surface area contributed by atoms with Gasteiger partial charge in [0.25, 0.3) is 0 Å². The fourth-order valence-electron chi connectivity index (χ4n) is 1.75. The predicted molar refractivity (Wildman–Crippen MR) is 68.7 cm³/mol. The van der Waals surface area contributed by atoms with Crippen LogP contribution in [0.1, 0.15) is 0 Å². The Morgan fingerprint density at radius 2 is 2.06 bits per heavy atom. The third kappa shape index (κ3) is 1.78. The molecule has 0 aliphatic rings. The Morgan fingerprint density at radius 1 is 1.22 bits per heavy atom. The van der Waals surface area contributed by atoms with Crippen LogP contribution in [0.4, 0.5) is 0 Å². The molecule has 3 aromatic rings. The third-order valence-electron chi connectivity index (χ3n) is 2.57. The largest absolute Gasteiger partial charge is 0.496 e. The number of methoxy groups -OCH3 is 1. The topological polar surface area (TPSA) is 63.7 Å². The zero-order chi connectivity index (χ0) is 12.5. The Morgan fingerprint density at radius 3 is 2.89 bits per heavy atom. The number of rotatable bonds is 2. The zero-order valence-electron chi connectivity index (χ0n) is 9.51. The summed E-state index contributed by atoms with van der Waals surface area (Å²) in [5, 5.41) is 0.181. The average molecular weight is 261 g/mol. The zero-order valence-corrected chi connectivity index (χ0v) is 10.3. The molecule has 2 heterocycles. The summed E-state index contributed by atoms with van der Waals surface area (Å²) in [5.74, 6) is 1.43. The van der Waals surface area contributed by atoms with Gasteiger partial charge in [-0.25, -0.2) is 9.97 Å². The summed E-state index contributed by atoms with van der Waals surface area (Å²) in [7, 11) is 1.62. The first-order chi connectivity index (χ1) is 8.78. The lowest BCUT2D eigenvalue weighted by Gasteiger charge is -2.04. The highest BCUT2D eigenvalue weighted by molar-refractivity contribution is 6.28. The SMILES string of the molecule is COc1ccccc1-c1nc2nc(Cl)ncc2[nH]1. The summed E-state index contributed by atoms with van der Waals surface area (Å²) >= 11 is 5.73. The summed E-state index contributed by atoms with van der Waals surface area (Å²) < 4.78 is 5.30. The Balaban J connectivity index is 2.19. The molecule has 0 saturated carbocycles. The second-order valence-corrected chi connectivity index (χ2v) is 4.00. The van der Waals surface area contributed by atoms with Crippen molar-refractivity contribution in [1.29, 1.82) is 0 Å². The first-order valence-corrected chi connectivity index (χ1v) is 5.67. The second-order valence-electron chi connectivity index (χ2n) is 3.66. The van der Waals surface area contributed by atoms with Crippen molar-refractivity contribution in [3.05, 3.63) is 35.7 Å². The average Bonchev–Trinajstić information content (AvgIpc) is 2.81. The molecule has 1 aromatic carbocycles. The molecular formula is C12H9ClN4O. The number of nitrogens with one attached hydrogen (secondary N) is 1. The van der Waals surface area contributed by atoms with Gasteiger partial charge in [-0.2, -0.15) is 4.98 Å². The Hall–Kier alpha value is -2.14. The minimum Gasteiger partial charge on any atom is -0.496 e. The van der Waals surface area contributed by atoms with E-state index < -0.39 is 0 Å². The quantitative estimate of drug-likeness (QED) is 0.720. The van der Waals surface area contributed by atoms with Crippen LogP contribution in [-0.4, -0.2) is 27.0 Å². The summed E-state index contributed by atoms with van der Waals surface area (Å²) in [6, 6.07) is 7.62. The smallest absolute Gasteiger partial charge is 0.224 e. The van der Waals surface area contributed by atoms with Gasteiger partial charge < -0.3 is 9.72 Å². The maximum Gasteiger partial charge on any atom is 0.224 e. The molecule has 0 radical (unpaired) electrons. The minimum atomic E-state index is 0.181. The van der Waals surface area contributed by atoms with E-state index in [0.29, 0.717) is 11.5 Å². The molecule has 0 aliphatic carbocycles. The molecule has 0 spiro atoms. The van der Waals surface area contributed by atoms with Crippen molar-refractivity contribution in [3.63, 3.8) is 0 Å². The molecule has 18 heavy (non-hydrogen) atoms. The molecule has 1 N–H and O–H groups in total. The highest BCUT2D eigenvalue weighted by Crippen LogP contribution is 2.28. The first kappa shape index (κ1) is 11.0. The Kier molecular flexibility index (Phi) is 2.60. The van der Waals surface area contributed by atoms with Crippen LogP contribution in [0.3, 0.4) is 0 Å². The van der Waals surface area contributed by atoms with Crippen molar-refractivity contribution in [2.75, 3.05) is 7.11 Å². The number of hydrogen-bond acceptors (Lipinski definition) is 4. The van der Waals surface area contributed by atoms with Crippen molar-refractivity contribution >= 4 is 22.8 Å². The Labute approximate surface area is 108 Å². The maximum absolute atomic E-state index is 5.73. The van der Waals surface area contributed by atoms with Gasteiger partial charge in [0.15, 0.2) is 5.65 Å². The molecule has 0 aliphatic heterocycles. The van der Waals surface area contributed by atoms with E-state index in [4.69, 9.17) is 16.3 Å².